The van der Waals surface area contributed by atoms with E-state index in [9.17, 15) is 18.4 Å². The zero-order chi connectivity index (χ0) is 28.6. The van der Waals surface area contributed by atoms with Gasteiger partial charge in [0, 0.05) is 55.3 Å². The van der Waals surface area contributed by atoms with Crippen molar-refractivity contribution in [3.63, 3.8) is 0 Å². The van der Waals surface area contributed by atoms with Crippen LogP contribution in [0.25, 0.3) is 0 Å². The molecule has 212 valence electrons. The third kappa shape index (κ3) is 8.07. The Kier molecular flexibility index (Phi) is 9.51. The van der Waals surface area contributed by atoms with Crippen molar-refractivity contribution in [2.75, 3.05) is 0 Å². The molecule has 0 atom stereocenters. The largest absolute Gasteiger partial charge is 0.352 e. The lowest BCUT2D eigenvalue weighted by molar-refractivity contribution is -0.126. The van der Waals surface area contributed by atoms with Crippen LogP contribution in [0.5, 0.6) is 0 Å². The van der Waals surface area contributed by atoms with Gasteiger partial charge >= 0.3 is 0 Å². The van der Waals surface area contributed by atoms with Gasteiger partial charge in [-0.3, -0.25) is 9.59 Å². The summed E-state index contributed by atoms with van der Waals surface area (Å²) in [6.07, 6.45) is 10.4. The molecule has 1 fully saturated rings. The van der Waals surface area contributed by atoms with Crippen molar-refractivity contribution >= 4 is 17.7 Å². The number of nitrogens with one attached hydrogen (secondary N) is 1. The maximum Gasteiger partial charge on any atom is 0.277 e. The summed E-state index contributed by atoms with van der Waals surface area (Å²) in [5.41, 5.74) is 2.92. The minimum absolute atomic E-state index is 0.0284. The molecule has 2 aromatic carbocycles. The second-order valence-corrected chi connectivity index (χ2v) is 11.3. The van der Waals surface area contributed by atoms with Crippen molar-refractivity contribution in [2.24, 2.45) is 11.8 Å². The molecular formula is C31H31F2N5O2S. The number of hydrogen-bond acceptors (Lipinski definition) is 6. The molecule has 1 aliphatic rings. The molecule has 0 bridgehead atoms. The van der Waals surface area contributed by atoms with E-state index in [1.54, 1.807) is 36.7 Å². The highest BCUT2D eigenvalue weighted by Gasteiger charge is 2.27. The van der Waals surface area contributed by atoms with E-state index < -0.39 is 0 Å². The Morgan fingerprint density at radius 2 is 1.54 bits per heavy atom. The first-order valence-corrected chi connectivity index (χ1v) is 14.6. The standard InChI is InChI=1S/C31H31F2N5O2S/c32-27-9-3-21(4-10-27)16-36-29(39)25-7-1-22(2-8-25)17-38-18-26(13-24-14-34-20-35-15-24)30(40)37-31(38)41-19-23-5-11-28(33)12-6-23/h3-6,9-12,14-15,18,20,22,25H,1-2,7-8,13,16-17,19H2,(H,36,39). The molecule has 0 spiro atoms. The lowest BCUT2D eigenvalue weighted by atomic mass is 9.81. The number of hydrogen-bond donors (Lipinski definition) is 1. The van der Waals surface area contributed by atoms with Crippen LogP contribution in [0, 0.1) is 23.5 Å². The van der Waals surface area contributed by atoms with Gasteiger partial charge in [0.25, 0.3) is 5.56 Å². The average molecular weight is 576 g/mol. The van der Waals surface area contributed by atoms with Gasteiger partial charge in [0.1, 0.15) is 18.0 Å². The summed E-state index contributed by atoms with van der Waals surface area (Å²) < 4.78 is 28.5. The molecule has 1 saturated carbocycles. The van der Waals surface area contributed by atoms with E-state index >= 15 is 0 Å². The topological polar surface area (TPSA) is 89.8 Å². The summed E-state index contributed by atoms with van der Waals surface area (Å²) in [7, 11) is 0. The fourth-order valence-corrected chi connectivity index (χ4v) is 6.01. The van der Waals surface area contributed by atoms with Gasteiger partial charge in [0.2, 0.25) is 5.91 Å². The van der Waals surface area contributed by atoms with Crippen molar-refractivity contribution < 1.29 is 13.6 Å². The molecule has 0 radical (unpaired) electrons. The zero-order valence-corrected chi connectivity index (χ0v) is 23.3. The molecular weight excluding hydrogens is 544 g/mol. The molecule has 1 aliphatic carbocycles. The Hall–Kier alpha value is -3.92. The zero-order valence-electron chi connectivity index (χ0n) is 22.5. The molecule has 41 heavy (non-hydrogen) atoms. The molecule has 0 unspecified atom stereocenters. The normalized spacial score (nSPS) is 16.8. The predicted molar refractivity (Wildman–Crippen MR) is 153 cm³/mol. The Morgan fingerprint density at radius 3 is 2.20 bits per heavy atom. The average Bonchev–Trinajstić information content (AvgIpc) is 2.99. The number of halogens is 2. The summed E-state index contributed by atoms with van der Waals surface area (Å²) in [5, 5.41) is 3.60. The van der Waals surface area contributed by atoms with Crippen LogP contribution in [-0.2, 0) is 30.1 Å². The summed E-state index contributed by atoms with van der Waals surface area (Å²) in [5.74, 6) is 0.274. The van der Waals surface area contributed by atoms with E-state index in [1.807, 2.05) is 10.8 Å². The molecule has 5 rings (SSSR count). The van der Waals surface area contributed by atoms with Gasteiger partial charge in [0.15, 0.2) is 5.16 Å². The van der Waals surface area contributed by atoms with Crippen molar-refractivity contribution in [2.45, 2.75) is 56.1 Å². The van der Waals surface area contributed by atoms with E-state index in [2.05, 4.69) is 20.3 Å². The Balaban J connectivity index is 1.24. The monoisotopic (exact) mass is 575 g/mol. The fourth-order valence-electron chi connectivity index (χ4n) is 5.08. The summed E-state index contributed by atoms with van der Waals surface area (Å²) in [6, 6.07) is 12.5. The molecule has 2 heterocycles. The van der Waals surface area contributed by atoms with E-state index in [1.165, 1.54) is 42.4 Å². The van der Waals surface area contributed by atoms with Crippen molar-refractivity contribution in [1.82, 2.24) is 24.8 Å². The summed E-state index contributed by atoms with van der Waals surface area (Å²) in [4.78, 5) is 38.3. The van der Waals surface area contributed by atoms with Crippen LogP contribution in [-0.4, -0.2) is 25.4 Å². The van der Waals surface area contributed by atoms with E-state index in [4.69, 9.17) is 0 Å². The Morgan fingerprint density at radius 1 is 0.902 bits per heavy atom. The maximum atomic E-state index is 13.4. The fraction of sp³-hybridized carbons (Fsp3) is 0.323. The number of nitrogens with zero attached hydrogens (tertiary/aromatic N) is 4. The van der Waals surface area contributed by atoms with Crippen LogP contribution in [0.4, 0.5) is 8.78 Å². The number of amides is 1. The second-order valence-electron chi connectivity index (χ2n) is 10.4. The highest BCUT2D eigenvalue weighted by atomic mass is 32.2. The highest BCUT2D eigenvalue weighted by molar-refractivity contribution is 7.98. The molecule has 4 aromatic rings. The number of benzene rings is 2. The first kappa shape index (κ1) is 28.6. The molecule has 1 N–H and O–H groups in total. The molecule has 10 heteroatoms. The van der Waals surface area contributed by atoms with Crippen LogP contribution in [0.1, 0.15) is 47.9 Å². The van der Waals surface area contributed by atoms with E-state index in [0.717, 1.165) is 42.4 Å². The minimum Gasteiger partial charge on any atom is -0.352 e. The van der Waals surface area contributed by atoms with E-state index in [-0.39, 0.29) is 29.0 Å². The van der Waals surface area contributed by atoms with Crippen molar-refractivity contribution in [3.8, 4) is 0 Å². The van der Waals surface area contributed by atoms with Crippen molar-refractivity contribution in [3.05, 3.63) is 118 Å². The van der Waals surface area contributed by atoms with Crippen molar-refractivity contribution in [1.29, 1.82) is 0 Å². The van der Waals surface area contributed by atoms with Crippen LogP contribution in [0.15, 0.2) is 83.4 Å². The first-order chi connectivity index (χ1) is 19.9. The van der Waals surface area contributed by atoms with Gasteiger partial charge in [-0.1, -0.05) is 36.0 Å². The van der Waals surface area contributed by atoms with Gasteiger partial charge in [-0.05, 0) is 72.6 Å². The summed E-state index contributed by atoms with van der Waals surface area (Å²) >= 11 is 1.45. The number of carbonyl (C=O) groups excluding carboxylic acids is 1. The van der Waals surface area contributed by atoms with Gasteiger partial charge in [0.05, 0.1) is 0 Å². The number of rotatable bonds is 10. The number of aromatic nitrogens is 4. The maximum absolute atomic E-state index is 13.4. The Bertz CT molecular complexity index is 1510. The first-order valence-electron chi connectivity index (χ1n) is 13.7. The van der Waals surface area contributed by atoms with Crippen LogP contribution >= 0.6 is 11.8 Å². The van der Waals surface area contributed by atoms with Gasteiger partial charge < -0.3 is 9.88 Å². The predicted octanol–water partition coefficient (Wildman–Crippen LogP) is 5.32. The smallest absolute Gasteiger partial charge is 0.277 e. The van der Waals surface area contributed by atoms with Gasteiger partial charge in [-0.15, -0.1) is 0 Å². The molecule has 7 nitrogen and oxygen atoms in total. The molecule has 1 amide bonds. The van der Waals surface area contributed by atoms with Crippen LogP contribution < -0.4 is 10.9 Å². The Labute approximate surface area is 241 Å². The minimum atomic E-state index is -0.297. The molecule has 0 saturated heterocycles. The van der Waals surface area contributed by atoms with Gasteiger partial charge in [-0.25, -0.2) is 18.7 Å². The number of thioether (sulfide) groups is 1. The van der Waals surface area contributed by atoms with Crippen LogP contribution in [0.3, 0.4) is 0 Å². The van der Waals surface area contributed by atoms with E-state index in [0.29, 0.717) is 41.9 Å². The number of carbonyl (C=O) groups is 1. The summed E-state index contributed by atoms with van der Waals surface area (Å²) in [6.45, 7) is 1.06. The second kappa shape index (κ2) is 13.6. The SMILES string of the molecule is O=C(NCc1ccc(F)cc1)C1CCC(Cn2cc(Cc3cncnc3)c(=O)nc2SCc2ccc(F)cc2)CC1. The quantitative estimate of drug-likeness (QED) is 0.204. The molecule has 0 aliphatic heterocycles. The highest BCUT2D eigenvalue weighted by Crippen LogP contribution is 2.31. The lowest BCUT2D eigenvalue weighted by Crippen LogP contribution is -2.33. The van der Waals surface area contributed by atoms with Crippen LogP contribution in [0.2, 0.25) is 0 Å². The third-order valence-electron chi connectivity index (χ3n) is 7.37. The third-order valence-corrected chi connectivity index (χ3v) is 8.43. The lowest BCUT2D eigenvalue weighted by Gasteiger charge is -2.29. The van der Waals surface area contributed by atoms with Gasteiger partial charge in [-0.2, -0.15) is 4.98 Å². The molecule has 2 aromatic heterocycles.